The van der Waals surface area contributed by atoms with Crippen LogP contribution in [-0.2, 0) is 6.42 Å². The van der Waals surface area contributed by atoms with E-state index in [2.05, 4.69) is 10.3 Å². The van der Waals surface area contributed by atoms with Crippen molar-refractivity contribution in [2.75, 3.05) is 11.9 Å². The van der Waals surface area contributed by atoms with Crippen LogP contribution in [0.25, 0.3) is 0 Å². The number of nitro benzene ring substituents is 1. The molecular weight excluding hydrogens is 256 g/mol. The molecular formula is C14H12N4O2. The number of nitriles is 1. The number of benzene rings is 1. The highest BCUT2D eigenvalue weighted by Crippen LogP contribution is 2.27. The van der Waals surface area contributed by atoms with E-state index < -0.39 is 4.92 Å². The van der Waals surface area contributed by atoms with E-state index in [0.29, 0.717) is 18.7 Å². The molecule has 6 nitrogen and oxygen atoms in total. The van der Waals surface area contributed by atoms with Crippen molar-refractivity contribution in [1.29, 1.82) is 5.26 Å². The Bertz CT molecular complexity index is 650. The second-order valence-corrected chi connectivity index (χ2v) is 4.07. The predicted molar refractivity (Wildman–Crippen MR) is 74.2 cm³/mol. The van der Waals surface area contributed by atoms with Crippen molar-refractivity contribution in [3.05, 3.63) is 64.0 Å². The van der Waals surface area contributed by atoms with Gasteiger partial charge in [0.1, 0.15) is 17.3 Å². The van der Waals surface area contributed by atoms with Crippen LogP contribution in [0.4, 0.5) is 11.4 Å². The molecule has 1 aromatic heterocycles. The van der Waals surface area contributed by atoms with Gasteiger partial charge in [-0.2, -0.15) is 5.26 Å². The smallest absolute Gasteiger partial charge is 0.309 e. The fourth-order valence-electron chi connectivity index (χ4n) is 1.84. The van der Waals surface area contributed by atoms with E-state index in [1.807, 2.05) is 24.3 Å². The van der Waals surface area contributed by atoms with Gasteiger partial charge < -0.3 is 5.32 Å². The van der Waals surface area contributed by atoms with Gasteiger partial charge in [0.05, 0.1) is 4.92 Å². The summed E-state index contributed by atoms with van der Waals surface area (Å²) in [5.74, 6) is 0. The molecule has 0 amide bonds. The average molecular weight is 268 g/mol. The van der Waals surface area contributed by atoms with E-state index in [0.717, 1.165) is 5.69 Å². The van der Waals surface area contributed by atoms with Gasteiger partial charge in [0.15, 0.2) is 0 Å². The average Bonchev–Trinajstić information content (AvgIpc) is 2.47. The number of aromatic nitrogens is 1. The molecule has 0 unspecified atom stereocenters. The lowest BCUT2D eigenvalue weighted by atomic mass is 10.1. The fraction of sp³-hybridized carbons (Fsp3) is 0.143. The summed E-state index contributed by atoms with van der Waals surface area (Å²) in [6.45, 7) is 0.507. The molecule has 0 fully saturated rings. The van der Waals surface area contributed by atoms with Gasteiger partial charge in [0, 0.05) is 24.9 Å². The van der Waals surface area contributed by atoms with Crippen molar-refractivity contribution in [2.45, 2.75) is 6.42 Å². The molecule has 0 atom stereocenters. The maximum atomic E-state index is 11.0. The molecule has 0 spiro atoms. The van der Waals surface area contributed by atoms with Crippen molar-refractivity contribution in [3.63, 3.8) is 0 Å². The number of nitrogens with one attached hydrogen (secondary N) is 1. The molecule has 0 radical (unpaired) electrons. The first kappa shape index (κ1) is 13.5. The lowest BCUT2D eigenvalue weighted by Crippen LogP contribution is -2.08. The Balaban J connectivity index is 2.10. The highest BCUT2D eigenvalue weighted by molar-refractivity contribution is 5.68. The minimum absolute atomic E-state index is 0.0536. The summed E-state index contributed by atoms with van der Waals surface area (Å²) in [7, 11) is 0. The Kier molecular flexibility index (Phi) is 4.24. The van der Waals surface area contributed by atoms with E-state index in [-0.39, 0.29) is 11.3 Å². The number of nitro groups is 1. The molecule has 0 aliphatic carbocycles. The van der Waals surface area contributed by atoms with Gasteiger partial charge in [-0.05, 0) is 24.3 Å². The van der Waals surface area contributed by atoms with Gasteiger partial charge >= 0.3 is 5.69 Å². The van der Waals surface area contributed by atoms with E-state index in [1.54, 1.807) is 18.3 Å². The summed E-state index contributed by atoms with van der Waals surface area (Å²) in [5, 5.41) is 22.9. The third-order valence-electron chi connectivity index (χ3n) is 2.76. The van der Waals surface area contributed by atoms with Crippen LogP contribution >= 0.6 is 0 Å². The van der Waals surface area contributed by atoms with Crippen LogP contribution in [0, 0.1) is 21.4 Å². The molecule has 0 bridgehead atoms. The standard InChI is InChI=1S/C14H12N4O2/c15-10-11-4-3-6-13(14(11)18(19)20)17-9-7-12-5-1-2-8-16-12/h1-6,8,17H,7,9H2. The monoisotopic (exact) mass is 268 g/mol. The molecule has 1 heterocycles. The van der Waals surface area contributed by atoms with Gasteiger partial charge in [-0.25, -0.2) is 0 Å². The minimum Gasteiger partial charge on any atom is -0.379 e. The molecule has 2 aromatic rings. The number of rotatable bonds is 5. The molecule has 100 valence electrons. The van der Waals surface area contributed by atoms with Crippen LogP contribution in [0.5, 0.6) is 0 Å². The molecule has 20 heavy (non-hydrogen) atoms. The van der Waals surface area contributed by atoms with Crippen molar-refractivity contribution in [2.24, 2.45) is 0 Å². The third kappa shape index (κ3) is 3.09. The van der Waals surface area contributed by atoms with Gasteiger partial charge in [0.2, 0.25) is 0 Å². The van der Waals surface area contributed by atoms with Gasteiger partial charge in [-0.1, -0.05) is 12.1 Å². The number of nitrogens with zero attached hydrogens (tertiary/aromatic N) is 3. The lowest BCUT2D eigenvalue weighted by molar-refractivity contribution is -0.384. The van der Waals surface area contributed by atoms with E-state index in [4.69, 9.17) is 5.26 Å². The minimum atomic E-state index is -0.540. The van der Waals surface area contributed by atoms with Crippen LogP contribution < -0.4 is 5.32 Å². The first-order valence-electron chi connectivity index (χ1n) is 6.03. The summed E-state index contributed by atoms with van der Waals surface area (Å²) in [5.41, 5.74) is 1.12. The van der Waals surface area contributed by atoms with Crippen LogP contribution in [-0.4, -0.2) is 16.5 Å². The first-order chi connectivity index (χ1) is 9.72. The molecule has 0 aliphatic rings. The quantitative estimate of drug-likeness (QED) is 0.664. The Morgan fingerprint density at radius 3 is 2.80 bits per heavy atom. The highest BCUT2D eigenvalue weighted by atomic mass is 16.6. The van der Waals surface area contributed by atoms with E-state index in [1.165, 1.54) is 6.07 Å². The van der Waals surface area contributed by atoms with Crippen LogP contribution in [0.2, 0.25) is 0 Å². The largest absolute Gasteiger partial charge is 0.379 e. The van der Waals surface area contributed by atoms with Gasteiger partial charge in [-0.15, -0.1) is 0 Å². The van der Waals surface area contributed by atoms with Gasteiger partial charge in [0.25, 0.3) is 0 Å². The summed E-state index contributed by atoms with van der Waals surface area (Å²) >= 11 is 0. The van der Waals surface area contributed by atoms with Crippen LogP contribution in [0.3, 0.4) is 0 Å². The first-order valence-corrected chi connectivity index (χ1v) is 6.03. The second kappa shape index (κ2) is 6.29. The number of pyridine rings is 1. The summed E-state index contributed by atoms with van der Waals surface area (Å²) < 4.78 is 0. The van der Waals surface area contributed by atoms with E-state index in [9.17, 15) is 10.1 Å². The normalized spacial score (nSPS) is 9.75. The molecule has 1 N–H and O–H groups in total. The van der Waals surface area contributed by atoms with Crippen molar-refractivity contribution in [3.8, 4) is 6.07 Å². The summed E-state index contributed by atoms with van der Waals surface area (Å²) in [6, 6.07) is 12.1. The number of anilines is 1. The third-order valence-corrected chi connectivity index (χ3v) is 2.76. The van der Waals surface area contributed by atoms with Gasteiger partial charge in [-0.3, -0.25) is 15.1 Å². The molecule has 6 heteroatoms. The van der Waals surface area contributed by atoms with Crippen molar-refractivity contribution < 1.29 is 4.92 Å². The maximum absolute atomic E-state index is 11.0. The zero-order chi connectivity index (χ0) is 14.4. The van der Waals surface area contributed by atoms with Crippen LogP contribution in [0.15, 0.2) is 42.6 Å². The maximum Gasteiger partial charge on any atom is 0.309 e. The number of hydrogen-bond acceptors (Lipinski definition) is 5. The predicted octanol–water partition coefficient (Wildman–Crippen LogP) is 2.52. The SMILES string of the molecule is N#Cc1cccc(NCCc2ccccn2)c1[N+](=O)[O-]. The topological polar surface area (TPSA) is 91.8 Å². The summed E-state index contributed by atoms with van der Waals surface area (Å²) in [4.78, 5) is 14.7. The van der Waals surface area contributed by atoms with Crippen molar-refractivity contribution in [1.82, 2.24) is 4.98 Å². The second-order valence-electron chi connectivity index (χ2n) is 4.07. The van der Waals surface area contributed by atoms with Crippen LogP contribution in [0.1, 0.15) is 11.3 Å². The highest BCUT2D eigenvalue weighted by Gasteiger charge is 2.18. The Hall–Kier alpha value is -2.94. The van der Waals surface area contributed by atoms with E-state index >= 15 is 0 Å². The summed E-state index contributed by atoms with van der Waals surface area (Å²) in [6.07, 6.45) is 2.35. The Morgan fingerprint density at radius 2 is 2.15 bits per heavy atom. The lowest BCUT2D eigenvalue weighted by Gasteiger charge is -2.07. The molecule has 0 saturated heterocycles. The number of para-hydroxylation sites is 1. The molecule has 1 aromatic carbocycles. The molecule has 0 saturated carbocycles. The molecule has 2 rings (SSSR count). The zero-order valence-corrected chi connectivity index (χ0v) is 10.6. The van der Waals surface area contributed by atoms with Crippen molar-refractivity contribution >= 4 is 11.4 Å². The fourth-order valence-corrected chi connectivity index (χ4v) is 1.84. The zero-order valence-electron chi connectivity index (χ0n) is 10.6. The molecule has 0 aliphatic heterocycles. The number of hydrogen-bond donors (Lipinski definition) is 1. The Labute approximate surface area is 115 Å². The Morgan fingerprint density at radius 1 is 1.30 bits per heavy atom.